The highest BCUT2D eigenvalue weighted by atomic mass is 16.3. The molecule has 0 saturated carbocycles. The third-order valence-corrected chi connectivity index (χ3v) is 3.68. The third kappa shape index (κ3) is 4.28. The van der Waals surface area contributed by atoms with Gasteiger partial charge in [-0.3, -0.25) is 14.4 Å². The van der Waals surface area contributed by atoms with Gasteiger partial charge in [-0.05, 0) is 18.9 Å². The van der Waals surface area contributed by atoms with Gasteiger partial charge in [0, 0.05) is 33.2 Å². The van der Waals surface area contributed by atoms with Gasteiger partial charge in [0.15, 0.2) is 0 Å². The number of rotatable bonds is 4. The molecule has 0 bridgehead atoms. The van der Waals surface area contributed by atoms with Gasteiger partial charge in [0.25, 0.3) is 0 Å². The van der Waals surface area contributed by atoms with E-state index >= 15 is 0 Å². The molecule has 1 aromatic rings. The molecule has 1 atom stereocenters. The molecule has 2 rings (SSSR count). The Labute approximate surface area is 126 Å². The maximum atomic E-state index is 12.3. The number of hydrogen-bond acceptors (Lipinski definition) is 4. The number of carbonyl (C=O) groups excluding carboxylic acids is 1. The smallest absolute Gasteiger partial charge is 0.236 e. The summed E-state index contributed by atoms with van der Waals surface area (Å²) in [6, 6.07) is 2.02. The molecule has 1 amide bonds. The Bertz CT molecular complexity index is 498. The summed E-state index contributed by atoms with van der Waals surface area (Å²) in [7, 11) is 1.91. The van der Waals surface area contributed by atoms with Gasteiger partial charge >= 0.3 is 0 Å². The molecule has 1 fully saturated rings. The first-order valence-corrected chi connectivity index (χ1v) is 7.53. The Balaban J connectivity index is 2.05. The van der Waals surface area contributed by atoms with E-state index in [0.717, 1.165) is 11.4 Å². The highest BCUT2D eigenvalue weighted by Crippen LogP contribution is 2.12. The van der Waals surface area contributed by atoms with Gasteiger partial charge in [0.05, 0.1) is 24.0 Å². The van der Waals surface area contributed by atoms with Crippen molar-refractivity contribution < 1.29 is 9.90 Å². The van der Waals surface area contributed by atoms with E-state index in [9.17, 15) is 9.90 Å². The zero-order valence-electron chi connectivity index (χ0n) is 13.4. The van der Waals surface area contributed by atoms with Gasteiger partial charge in [-0.2, -0.15) is 5.10 Å². The maximum Gasteiger partial charge on any atom is 0.236 e. The van der Waals surface area contributed by atoms with E-state index in [-0.39, 0.29) is 5.91 Å². The van der Waals surface area contributed by atoms with Crippen LogP contribution in [0, 0.1) is 12.8 Å². The molecule has 1 aliphatic rings. The van der Waals surface area contributed by atoms with Crippen molar-refractivity contribution in [1.82, 2.24) is 19.6 Å². The van der Waals surface area contributed by atoms with Crippen molar-refractivity contribution in [3.8, 4) is 0 Å². The van der Waals surface area contributed by atoms with Gasteiger partial charge in [-0.15, -0.1) is 0 Å². The predicted molar refractivity (Wildman–Crippen MR) is 80.6 cm³/mol. The van der Waals surface area contributed by atoms with Crippen molar-refractivity contribution >= 4 is 5.91 Å². The highest BCUT2D eigenvalue weighted by Gasteiger charge is 2.27. The van der Waals surface area contributed by atoms with E-state index in [1.54, 1.807) is 4.90 Å². The number of aromatic nitrogens is 2. The van der Waals surface area contributed by atoms with E-state index in [2.05, 4.69) is 18.9 Å². The molecule has 1 aromatic heterocycles. The zero-order valence-corrected chi connectivity index (χ0v) is 13.4. The van der Waals surface area contributed by atoms with E-state index < -0.39 is 6.10 Å². The molecule has 0 aliphatic carbocycles. The zero-order chi connectivity index (χ0) is 15.6. The number of aliphatic hydroxyl groups is 1. The van der Waals surface area contributed by atoms with Crippen LogP contribution >= 0.6 is 0 Å². The minimum absolute atomic E-state index is 0.0964. The Kier molecular flexibility index (Phi) is 5.00. The maximum absolute atomic E-state index is 12.3. The van der Waals surface area contributed by atoms with Gasteiger partial charge in [0.1, 0.15) is 0 Å². The van der Waals surface area contributed by atoms with Gasteiger partial charge in [-0.25, -0.2) is 0 Å². The SMILES string of the molecule is Cc1cc(CN2CC(=O)N(CC(C)C)CC(O)C2)n(C)n1. The Morgan fingerprint density at radius 1 is 1.43 bits per heavy atom. The van der Waals surface area contributed by atoms with Crippen molar-refractivity contribution in [3.63, 3.8) is 0 Å². The van der Waals surface area contributed by atoms with Gasteiger partial charge in [0.2, 0.25) is 5.91 Å². The number of carbonyl (C=O) groups is 1. The summed E-state index contributed by atoms with van der Waals surface area (Å²) in [5, 5.41) is 14.5. The molecule has 1 N–H and O–H groups in total. The monoisotopic (exact) mass is 294 g/mol. The molecule has 2 heterocycles. The van der Waals surface area contributed by atoms with E-state index in [4.69, 9.17) is 0 Å². The summed E-state index contributed by atoms with van der Waals surface area (Å²) in [6.45, 7) is 8.76. The summed E-state index contributed by atoms with van der Waals surface area (Å²) < 4.78 is 1.84. The molecule has 6 nitrogen and oxygen atoms in total. The number of aryl methyl sites for hydroxylation is 2. The average molecular weight is 294 g/mol. The Hall–Kier alpha value is -1.40. The van der Waals surface area contributed by atoms with Crippen LogP contribution in [0.4, 0.5) is 0 Å². The molecule has 0 spiro atoms. The second kappa shape index (κ2) is 6.58. The van der Waals surface area contributed by atoms with Crippen LogP contribution in [0.5, 0.6) is 0 Å². The second-order valence-electron chi connectivity index (χ2n) is 6.42. The van der Waals surface area contributed by atoms with E-state index in [0.29, 0.717) is 38.6 Å². The molecular formula is C15H26N4O2. The normalized spacial score (nSPS) is 21.1. The molecule has 1 unspecified atom stereocenters. The average Bonchev–Trinajstić information content (AvgIpc) is 2.58. The molecule has 21 heavy (non-hydrogen) atoms. The molecule has 6 heteroatoms. The van der Waals surface area contributed by atoms with Crippen molar-refractivity contribution in [2.24, 2.45) is 13.0 Å². The summed E-state index contributed by atoms with van der Waals surface area (Å²) in [5.41, 5.74) is 2.03. The van der Waals surface area contributed by atoms with Gasteiger partial charge < -0.3 is 10.0 Å². The molecule has 0 aromatic carbocycles. The lowest BCUT2D eigenvalue weighted by Gasteiger charge is -2.23. The fourth-order valence-corrected chi connectivity index (χ4v) is 2.85. The van der Waals surface area contributed by atoms with Crippen LogP contribution in [0.25, 0.3) is 0 Å². The lowest BCUT2D eigenvalue weighted by Crippen LogP contribution is -2.39. The highest BCUT2D eigenvalue weighted by molar-refractivity contribution is 5.78. The summed E-state index contributed by atoms with van der Waals surface area (Å²) in [6.07, 6.45) is -0.496. The second-order valence-corrected chi connectivity index (χ2v) is 6.42. The topological polar surface area (TPSA) is 61.6 Å². The van der Waals surface area contributed by atoms with Crippen LogP contribution in [-0.4, -0.2) is 62.9 Å². The number of aliphatic hydroxyl groups excluding tert-OH is 1. The Morgan fingerprint density at radius 3 is 2.71 bits per heavy atom. The lowest BCUT2D eigenvalue weighted by molar-refractivity contribution is -0.132. The number of nitrogens with zero attached hydrogens (tertiary/aromatic N) is 4. The quantitative estimate of drug-likeness (QED) is 0.872. The number of hydrogen-bond donors (Lipinski definition) is 1. The molecular weight excluding hydrogens is 268 g/mol. The fraction of sp³-hybridized carbons (Fsp3) is 0.733. The minimum atomic E-state index is -0.496. The first-order chi connectivity index (χ1) is 9.85. The van der Waals surface area contributed by atoms with Crippen LogP contribution in [0.2, 0.25) is 0 Å². The molecule has 0 radical (unpaired) electrons. The lowest BCUT2D eigenvalue weighted by atomic mass is 10.2. The minimum Gasteiger partial charge on any atom is -0.390 e. The van der Waals surface area contributed by atoms with Crippen LogP contribution in [0.1, 0.15) is 25.2 Å². The van der Waals surface area contributed by atoms with Crippen molar-refractivity contribution in [1.29, 1.82) is 0 Å². The van der Waals surface area contributed by atoms with Crippen LogP contribution in [-0.2, 0) is 18.4 Å². The Morgan fingerprint density at radius 2 is 2.14 bits per heavy atom. The summed E-state index contributed by atoms with van der Waals surface area (Å²) in [4.78, 5) is 16.1. The summed E-state index contributed by atoms with van der Waals surface area (Å²) >= 11 is 0. The third-order valence-electron chi connectivity index (χ3n) is 3.68. The largest absolute Gasteiger partial charge is 0.390 e. The molecule has 118 valence electrons. The molecule has 1 saturated heterocycles. The predicted octanol–water partition coefficient (Wildman–Crippen LogP) is 0.390. The van der Waals surface area contributed by atoms with E-state index in [1.807, 2.05) is 29.6 Å². The van der Waals surface area contributed by atoms with Crippen LogP contribution in [0.15, 0.2) is 6.07 Å². The number of amides is 1. The standard InChI is InChI=1S/C15H26N4O2/c1-11(2)6-19-9-14(20)8-18(10-15(19)21)7-13-5-12(3)16-17(13)4/h5,11,14,20H,6-10H2,1-4H3. The molecule has 1 aliphatic heterocycles. The first-order valence-electron chi connectivity index (χ1n) is 7.53. The van der Waals surface area contributed by atoms with Crippen molar-refractivity contribution in [2.75, 3.05) is 26.2 Å². The van der Waals surface area contributed by atoms with E-state index in [1.165, 1.54) is 0 Å². The van der Waals surface area contributed by atoms with Crippen LogP contribution < -0.4 is 0 Å². The summed E-state index contributed by atoms with van der Waals surface area (Å²) in [5.74, 6) is 0.506. The number of β-amino-alcohol motifs (C(OH)–C–C–N with tert-alkyl or cyclic N) is 1. The van der Waals surface area contributed by atoms with Crippen LogP contribution in [0.3, 0.4) is 0 Å². The first kappa shape index (κ1) is 16.0. The fourth-order valence-electron chi connectivity index (χ4n) is 2.85. The van der Waals surface area contributed by atoms with Gasteiger partial charge in [-0.1, -0.05) is 13.8 Å². The van der Waals surface area contributed by atoms with Crippen molar-refractivity contribution in [3.05, 3.63) is 17.5 Å². The van der Waals surface area contributed by atoms with Crippen molar-refractivity contribution in [2.45, 2.75) is 33.4 Å².